The molecule has 0 aliphatic rings. The van der Waals surface area contributed by atoms with E-state index >= 15 is 0 Å². The van der Waals surface area contributed by atoms with Crippen LogP contribution in [0.15, 0.2) is 90.0 Å². The van der Waals surface area contributed by atoms with Crippen LogP contribution in [-0.2, 0) is 26.8 Å². The molecule has 0 aliphatic carbocycles. The van der Waals surface area contributed by atoms with Crippen molar-refractivity contribution in [3.63, 3.8) is 0 Å². The van der Waals surface area contributed by atoms with Crippen molar-refractivity contribution >= 4 is 7.82 Å². The van der Waals surface area contributed by atoms with Crippen LogP contribution in [0.4, 0.5) is 0 Å². The molecule has 0 aromatic heterocycles. The molecular formula is C22H22N3O5P. The summed E-state index contributed by atoms with van der Waals surface area (Å²) >= 11 is 0. The Balaban J connectivity index is 1.71. The molecule has 1 atom stereocenters. The maximum Gasteiger partial charge on any atom is 0.530 e. The molecule has 0 fully saturated rings. The molecule has 3 rings (SSSR count). The normalized spacial score (nSPS) is 12.0. The van der Waals surface area contributed by atoms with Crippen molar-refractivity contribution in [3.8, 4) is 5.75 Å². The van der Waals surface area contributed by atoms with Gasteiger partial charge in [-0.1, -0.05) is 77.9 Å². The second-order valence-electron chi connectivity index (χ2n) is 6.55. The summed E-state index contributed by atoms with van der Waals surface area (Å²) in [5, 5.41) is 13.3. The van der Waals surface area contributed by atoms with Gasteiger partial charge in [0.25, 0.3) is 0 Å². The van der Waals surface area contributed by atoms with E-state index in [-0.39, 0.29) is 25.5 Å². The third-order valence-electron chi connectivity index (χ3n) is 4.26. The van der Waals surface area contributed by atoms with E-state index in [1.807, 2.05) is 60.7 Å². The highest BCUT2D eigenvalue weighted by molar-refractivity contribution is 7.48. The molecule has 1 unspecified atom stereocenters. The topological polar surface area (TPSA) is 114 Å². The predicted octanol–water partition coefficient (Wildman–Crippen LogP) is 5.95. The first-order valence-corrected chi connectivity index (χ1v) is 11.0. The number of hydrogen-bond donors (Lipinski definition) is 1. The van der Waals surface area contributed by atoms with Crippen LogP contribution in [0.3, 0.4) is 0 Å². The quantitative estimate of drug-likeness (QED) is 0.172. The van der Waals surface area contributed by atoms with Gasteiger partial charge in [-0.2, -0.15) is 0 Å². The predicted molar refractivity (Wildman–Crippen MR) is 116 cm³/mol. The molecular weight excluding hydrogens is 417 g/mol. The minimum Gasteiger partial charge on any atom is -0.404 e. The average molecular weight is 439 g/mol. The monoisotopic (exact) mass is 439 g/mol. The third kappa shape index (κ3) is 7.26. The molecule has 3 aromatic carbocycles. The highest BCUT2D eigenvalue weighted by Gasteiger charge is 2.29. The Morgan fingerprint density at radius 2 is 1.39 bits per heavy atom. The molecule has 3 aromatic rings. The Labute approximate surface area is 180 Å². The maximum absolute atomic E-state index is 13.3. The average Bonchev–Trinajstić information content (AvgIpc) is 2.82. The van der Waals surface area contributed by atoms with Gasteiger partial charge in [0.1, 0.15) is 5.75 Å². The lowest BCUT2D eigenvalue weighted by Crippen LogP contribution is -2.04. The van der Waals surface area contributed by atoms with E-state index in [1.54, 1.807) is 24.3 Å². The summed E-state index contributed by atoms with van der Waals surface area (Å²) in [6, 6.07) is 24.8. The van der Waals surface area contributed by atoms with Gasteiger partial charge in [0, 0.05) is 4.91 Å². The molecule has 0 aliphatic heterocycles. The number of azide groups is 1. The van der Waals surface area contributed by atoms with Crippen molar-refractivity contribution in [2.75, 3.05) is 6.54 Å². The summed E-state index contributed by atoms with van der Waals surface area (Å²) < 4.78 is 30.1. The van der Waals surface area contributed by atoms with E-state index < -0.39 is 13.9 Å². The first-order chi connectivity index (χ1) is 15.1. The molecule has 0 amide bonds. The van der Waals surface area contributed by atoms with Crippen molar-refractivity contribution in [3.05, 3.63) is 112 Å². The number of aliphatic hydroxyl groups excluding tert-OH is 1. The van der Waals surface area contributed by atoms with Crippen molar-refractivity contribution in [2.24, 2.45) is 5.11 Å². The van der Waals surface area contributed by atoms with Crippen LogP contribution in [0.2, 0.25) is 0 Å². The first-order valence-electron chi connectivity index (χ1n) is 9.53. The number of nitrogens with zero attached hydrogens (tertiary/aromatic N) is 3. The summed E-state index contributed by atoms with van der Waals surface area (Å²) in [7, 11) is -3.96. The second kappa shape index (κ2) is 11.3. The van der Waals surface area contributed by atoms with Crippen molar-refractivity contribution in [1.82, 2.24) is 0 Å². The standard InChI is InChI=1S/C22H22N3O5P/c23-25-24-15-22(26)20-11-13-21(14-12-20)30-31(27,28-16-18-7-3-1-4-8-18)29-17-19-9-5-2-6-10-19/h1-14,22,26H,15-17H2. The summed E-state index contributed by atoms with van der Waals surface area (Å²) in [6.45, 7) is 0.0152. The van der Waals surface area contributed by atoms with Crippen LogP contribution >= 0.6 is 7.82 Å². The van der Waals surface area contributed by atoms with E-state index in [0.29, 0.717) is 5.56 Å². The van der Waals surface area contributed by atoms with Crippen LogP contribution in [0.25, 0.3) is 10.4 Å². The zero-order valence-corrected chi connectivity index (χ0v) is 17.5. The second-order valence-corrected chi connectivity index (χ2v) is 8.15. The number of phosphoric ester groups is 1. The zero-order valence-electron chi connectivity index (χ0n) is 16.7. The van der Waals surface area contributed by atoms with Gasteiger partial charge in [-0.3, -0.25) is 9.05 Å². The van der Waals surface area contributed by atoms with Gasteiger partial charge in [0.05, 0.1) is 25.9 Å². The Morgan fingerprint density at radius 1 is 0.871 bits per heavy atom. The summed E-state index contributed by atoms with van der Waals surface area (Å²) in [6.07, 6.45) is -0.944. The van der Waals surface area contributed by atoms with Gasteiger partial charge >= 0.3 is 7.82 Å². The molecule has 0 radical (unpaired) electrons. The van der Waals surface area contributed by atoms with Gasteiger partial charge in [0.2, 0.25) is 0 Å². The first kappa shape index (κ1) is 22.6. The molecule has 9 heteroatoms. The highest BCUT2D eigenvalue weighted by Crippen LogP contribution is 2.51. The van der Waals surface area contributed by atoms with E-state index in [1.165, 1.54) is 0 Å². The van der Waals surface area contributed by atoms with Crippen molar-refractivity contribution in [1.29, 1.82) is 0 Å². The van der Waals surface area contributed by atoms with Crippen LogP contribution in [-0.4, -0.2) is 11.7 Å². The van der Waals surface area contributed by atoms with Crippen LogP contribution < -0.4 is 4.52 Å². The molecule has 8 nitrogen and oxygen atoms in total. The Hall–Kier alpha value is -3.12. The zero-order chi connectivity index (χ0) is 21.9. The van der Waals surface area contributed by atoms with Gasteiger partial charge in [-0.25, -0.2) is 4.57 Å². The number of rotatable bonds is 11. The number of benzene rings is 3. The minimum atomic E-state index is -3.96. The lowest BCUT2D eigenvalue weighted by Gasteiger charge is -2.19. The van der Waals surface area contributed by atoms with Gasteiger partial charge < -0.3 is 9.63 Å². The molecule has 0 saturated carbocycles. The molecule has 160 valence electrons. The summed E-state index contributed by atoms with van der Waals surface area (Å²) in [5.74, 6) is 0.254. The van der Waals surface area contributed by atoms with Gasteiger partial charge in [-0.05, 0) is 34.4 Å². The fourth-order valence-corrected chi connectivity index (χ4v) is 3.82. The van der Waals surface area contributed by atoms with Gasteiger partial charge in [0.15, 0.2) is 0 Å². The van der Waals surface area contributed by atoms with Crippen LogP contribution in [0, 0.1) is 0 Å². The fourth-order valence-electron chi connectivity index (χ4n) is 2.64. The minimum absolute atomic E-state index is 0.0515. The van der Waals surface area contributed by atoms with E-state index in [2.05, 4.69) is 10.0 Å². The highest BCUT2D eigenvalue weighted by atomic mass is 31.2. The van der Waals surface area contributed by atoms with E-state index in [9.17, 15) is 9.67 Å². The number of aliphatic hydroxyl groups is 1. The number of hydrogen-bond acceptors (Lipinski definition) is 6. The molecule has 31 heavy (non-hydrogen) atoms. The maximum atomic E-state index is 13.3. The van der Waals surface area contributed by atoms with Crippen molar-refractivity contribution < 1.29 is 23.2 Å². The number of phosphoric acid groups is 1. The van der Waals surface area contributed by atoms with E-state index in [4.69, 9.17) is 19.1 Å². The Morgan fingerprint density at radius 3 is 1.87 bits per heavy atom. The molecule has 0 saturated heterocycles. The Kier molecular flexibility index (Phi) is 8.24. The fraction of sp³-hybridized carbons (Fsp3) is 0.182. The molecule has 0 spiro atoms. The summed E-state index contributed by atoms with van der Waals surface area (Å²) in [5.41, 5.74) is 10.6. The Bertz CT molecular complexity index is 994. The lowest BCUT2D eigenvalue weighted by molar-refractivity contribution is 0.143. The van der Waals surface area contributed by atoms with Crippen LogP contribution in [0.5, 0.6) is 5.75 Å². The summed E-state index contributed by atoms with van der Waals surface area (Å²) in [4.78, 5) is 2.63. The van der Waals surface area contributed by atoms with Crippen molar-refractivity contribution in [2.45, 2.75) is 19.3 Å². The lowest BCUT2D eigenvalue weighted by atomic mass is 10.1. The van der Waals surface area contributed by atoms with E-state index in [0.717, 1.165) is 11.1 Å². The largest absolute Gasteiger partial charge is 0.530 e. The van der Waals surface area contributed by atoms with Crippen LogP contribution in [0.1, 0.15) is 22.8 Å². The SMILES string of the molecule is [N-]=[N+]=NCC(O)c1ccc(OP(=O)(OCc2ccccc2)OCc2ccccc2)cc1. The third-order valence-corrected chi connectivity index (χ3v) is 5.59. The molecule has 1 N–H and O–H groups in total. The molecule has 0 bridgehead atoms. The van der Waals surface area contributed by atoms with Gasteiger partial charge in [-0.15, -0.1) is 0 Å². The molecule has 0 heterocycles. The smallest absolute Gasteiger partial charge is 0.404 e.